The first-order valence-corrected chi connectivity index (χ1v) is 11.7. The van der Waals surface area contributed by atoms with E-state index in [2.05, 4.69) is 15.3 Å². The number of hydrogen-bond donors (Lipinski definition) is 2. The summed E-state index contributed by atoms with van der Waals surface area (Å²) >= 11 is 6.32. The number of ether oxygens (including phenoxy) is 1. The van der Waals surface area contributed by atoms with Gasteiger partial charge in [0, 0.05) is 47.4 Å². The molecule has 0 bridgehead atoms. The first kappa shape index (κ1) is 27.0. The van der Waals surface area contributed by atoms with Crippen molar-refractivity contribution in [2.24, 2.45) is 5.41 Å². The third kappa shape index (κ3) is 5.96. The lowest BCUT2D eigenvalue weighted by molar-refractivity contribution is 0.292. The van der Waals surface area contributed by atoms with Crippen LogP contribution in [0.1, 0.15) is 44.1 Å². The van der Waals surface area contributed by atoms with Crippen molar-refractivity contribution in [1.82, 2.24) is 14.5 Å². The number of anilines is 1. The maximum atomic E-state index is 13.9. The van der Waals surface area contributed by atoms with Gasteiger partial charge in [0.2, 0.25) is 0 Å². The molecular weight excluding hydrogens is 488 g/mol. The zero-order valence-electron chi connectivity index (χ0n) is 20.7. The summed E-state index contributed by atoms with van der Waals surface area (Å²) in [4.78, 5) is 21.2. The fourth-order valence-electron chi connectivity index (χ4n) is 3.24. The number of aromatic nitrogens is 3. The minimum absolute atomic E-state index is 0.0611. The van der Waals surface area contributed by atoms with Crippen LogP contribution in [0.4, 0.5) is 14.6 Å². The molecular formula is C26H28ClF2N5O2. The number of nitrogens with zero attached hydrogens (tertiary/aromatic N) is 3. The van der Waals surface area contributed by atoms with Crippen molar-refractivity contribution in [3.63, 3.8) is 0 Å². The van der Waals surface area contributed by atoms with Crippen molar-refractivity contribution >= 4 is 23.1 Å². The van der Waals surface area contributed by atoms with E-state index in [9.17, 15) is 13.6 Å². The number of allylic oxidation sites excluding steroid dienone is 1. The quantitative estimate of drug-likeness (QED) is 0.334. The molecule has 0 amide bonds. The van der Waals surface area contributed by atoms with Gasteiger partial charge in [0.05, 0.1) is 11.9 Å². The number of hydrogen-bond acceptors (Lipinski definition) is 6. The molecule has 0 aliphatic carbocycles. The van der Waals surface area contributed by atoms with Crippen molar-refractivity contribution in [3.05, 3.63) is 86.8 Å². The molecule has 3 aromatic rings. The number of aryl methyl sites for hydroxylation is 2. The molecule has 0 aliphatic rings. The number of pyridine rings is 3. The summed E-state index contributed by atoms with van der Waals surface area (Å²) in [7, 11) is 0. The molecule has 7 nitrogen and oxygen atoms in total. The Kier molecular flexibility index (Phi) is 8.24. The molecule has 0 aliphatic heterocycles. The molecule has 0 saturated carbocycles. The summed E-state index contributed by atoms with van der Waals surface area (Å²) in [6.07, 6.45) is 6.67. The van der Waals surface area contributed by atoms with Crippen LogP contribution < -0.4 is 15.6 Å². The van der Waals surface area contributed by atoms with Crippen molar-refractivity contribution in [3.8, 4) is 11.4 Å². The molecule has 0 radical (unpaired) electrons. The van der Waals surface area contributed by atoms with E-state index in [0.29, 0.717) is 29.0 Å². The van der Waals surface area contributed by atoms with Crippen LogP contribution in [-0.2, 0) is 6.61 Å². The summed E-state index contributed by atoms with van der Waals surface area (Å²) in [5.74, 6) is -1.11. The highest BCUT2D eigenvalue weighted by atomic mass is 35.5. The van der Waals surface area contributed by atoms with Gasteiger partial charge in [-0.3, -0.25) is 14.3 Å². The van der Waals surface area contributed by atoms with Gasteiger partial charge in [-0.15, -0.1) is 0 Å². The molecule has 0 atom stereocenters. The van der Waals surface area contributed by atoms with Gasteiger partial charge in [0.1, 0.15) is 34.7 Å². The number of halogens is 3. The molecule has 2 N–H and O–H groups in total. The molecule has 10 heteroatoms. The standard InChI is InChI=1S/C26H28ClF2N5O2/c1-6-26(4,5)22(30)7-8-31-23-11-20(15(2)12-33-23)34-16(3)9-21(24(27)25(34)35)36-14-19-18(29)10-17(28)13-32-19/h7-13,30H,6,14H2,1-5H3,(H,31,33)/b8-7-,30-22?. The zero-order chi connectivity index (χ0) is 26.6. The predicted molar refractivity (Wildman–Crippen MR) is 137 cm³/mol. The summed E-state index contributed by atoms with van der Waals surface area (Å²) < 4.78 is 33.9. The summed E-state index contributed by atoms with van der Waals surface area (Å²) in [6.45, 7) is 9.23. The molecule has 190 valence electrons. The van der Waals surface area contributed by atoms with E-state index in [1.54, 1.807) is 37.5 Å². The van der Waals surface area contributed by atoms with E-state index in [1.165, 1.54) is 4.57 Å². The average molecular weight is 516 g/mol. The van der Waals surface area contributed by atoms with E-state index in [1.807, 2.05) is 27.7 Å². The van der Waals surface area contributed by atoms with Crippen molar-refractivity contribution in [2.45, 2.75) is 47.6 Å². The average Bonchev–Trinajstić information content (AvgIpc) is 2.83. The largest absolute Gasteiger partial charge is 0.485 e. The van der Waals surface area contributed by atoms with Crippen LogP contribution in [0.15, 0.2) is 47.7 Å². The Labute approximate surface area is 213 Å². The Morgan fingerprint density at radius 2 is 1.94 bits per heavy atom. The molecule has 0 saturated heterocycles. The lowest BCUT2D eigenvalue weighted by Gasteiger charge is -2.21. The minimum atomic E-state index is -0.855. The number of rotatable bonds is 9. The first-order chi connectivity index (χ1) is 16.9. The molecule has 0 spiro atoms. The molecule has 36 heavy (non-hydrogen) atoms. The second-order valence-corrected chi connectivity index (χ2v) is 9.34. The van der Waals surface area contributed by atoms with E-state index >= 15 is 0 Å². The van der Waals surface area contributed by atoms with E-state index in [-0.39, 0.29) is 28.5 Å². The van der Waals surface area contributed by atoms with Crippen LogP contribution in [0.25, 0.3) is 5.69 Å². The van der Waals surface area contributed by atoms with E-state index in [0.717, 1.165) is 18.2 Å². The van der Waals surface area contributed by atoms with Gasteiger partial charge in [-0.2, -0.15) is 0 Å². The highest BCUT2D eigenvalue weighted by Gasteiger charge is 2.19. The van der Waals surface area contributed by atoms with E-state index < -0.39 is 17.2 Å². The maximum absolute atomic E-state index is 13.9. The SMILES string of the molecule is CCC(C)(C)C(=N)/C=C\Nc1cc(-n2c(C)cc(OCc3ncc(F)cc3F)c(Cl)c2=O)c(C)cn1. The smallest absolute Gasteiger partial charge is 0.277 e. The lowest BCUT2D eigenvalue weighted by Crippen LogP contribution is -2.23. The fraction of sp³-hybridized carbons (Fsp3) is 0.308. The van der Waals surface area contributed by atoms with Crippen molar-refractivity contribution in [2.75, 3.05) is 5.32 Å². The van der Waals surface area contributed by atoms with Gasteiger partial charge >= 0.3 is 0 Å². The van der Waals surface area contributed by atoms with Crippen LogP contribution in [-0.4, -0.2) is 20.2 Å². The van der Waals surface area contributed by atoms with Crippen LogP contribution in [0.3, 0.4) is 0 Å². The van der Waals surface area contributed by atoms with Crippen LogP contribution in [0.5, 0.6) is 5.75 Å². The summed E-state index contributed by atoms with van der Waals surface area (Å²) in [5.41, 5.74) is 1.42. The fourth-order valence-corrected chi connectivity index (χ4v) is 3.43. The zero-order valence-corrected chi connectivity index (χ0v) is 21.5. The van der Waals surface area contributed by atoms with Gasteiger partial charge in [-0.25, -0.2) is 13.8 Å². The van der Waals surface area contributed by atoms with Crippen LogP contribution in [0.2, 0.25) is 5.02 Å². The van der Waals surface area contributed by atoms with Crippen molar-refractivity contribution < 1.29 is 13.5 Å². The van der Waals surface area contributed by atoms with Gasteiger partial charge in [-0.05, 0) is 31.9 Å². The lowest BCUT2D eigenvalue weighted by atomic mass is 9.85. The first-order valence-electron chi connectivity index (χ1n) is 11.3. The van der Waals surface area contributed by atoms with Crippen LogP contribution in [0, 0.1) is 36.3 Å². The monoisotopic (exact) mass is 515 g/mol. The second-order valence-electron chi connectivity index (χ2n) is 8.96. The van der Waals surface area contributed by atoms with Crippen LogP contribution >= 0.6 is 11.6 Å². The molecule has 0 unspecified atom stereocenters. The van der Waals surface area contributed by atoms with Gasteiger partial charge < -0.3 is 15.5 Å². The topological polar surface area (TPSA) is 92.9 Å². The Morgan fingerprint density at radius 3 is 2.61 bits per heavy atom. The molecule has 0 aromatic carbocycles. The maximum Gasteiger partial charge on any atom is 0.277 e. The Bertz CT molecular complexity index is 1390. The van der Waals surface area contributed by atoms with Gasteiger partial charge in [0.25, 0.3) is 5.56 Å². The van der Waals surface area contributed by atoms with Crippen molar-refractivity contribution in [1.29, 1.82) is 5.41 Å². The molecule has 3 rings (SSSR count). The minimum Gasteiger partial charge on any atom is -0.485 e. The third-order valence-corrected chi connectivity index (χ3v) is 6.31. The highest BCUT2D eigenvalue weighted by molar-refractivity contribution is 6.31. The molecule has 0 fully saturated rings. The Hall–Kier alpha value is -3.59. The normalized spacial score (nSPS) is 11.7. The second kappa shape index (κ2) is 11.0. The highest BCUT2D eigenvalue weighted by Crippen LogP contribution is 2.26. The van der Waals surface area contributed by atoms with E-state index in [4.69, 9.17) is 21.7 Å². The number of nitrogens with one attached hydrogen (secondary N) is 2. The Morgan fingerprint density at radius 1 is 1.22 bits per heavy atom. The van der Waals surface area contributed by atoms with Gasteiger partial charge in [-0.1, -0.05) is 32.4 Å². The third-order valence-electron chi connectivity index (χ3n) is 5.96. The molecule has 3 aromatic heterocycles. The molecule has 3 heterocycles. The van der Waals surface area contributed by atoms with Gasteiger partial charge in [0.15, 0.2) is 5.82 Å². The summed E-state index contributed by atoms with van der Waals surface area (Å²) in [5, 5.41) is 11.1. The predicted octanol–water partition coefficient (Wildman–Crippen LogP) is 6.14. The summed E-state index contributed by atoms with van der Waals surface area (Å²) in [6, 6.07) is 3.97. The Balaban J connectivity index is 1.87.